The number of benzene rings is 3. The molecule has 0 spiro atoms. The molecule has 0 aliphatic carbocycles. The minimum atomic E-state index is -4.66. The van der Waals surface area contributed by atoms with Crippen molar-refractivity contribution in [2.45, 2.75) is 6.18 Å². The molecule has 3 rings (SSSR count). The number of carbonyl (C=O) groups is 1. The summed E-state index contributed by atoms with van der Waals surface area (Å²) in [5.74, 6) is 0.494. The fourth-order valence-electron chi connectivity index (χ4n) is 2.54. The monoisotopic (exact) mass is 499 g/mol. The molecule has 0 bridgehead atoms. The van der Waals surface area contributed by atoms with Gasteiger partial charge in [0.2, 0.25) is 5.69 Å². The highest BCUT2D eigenvalue weighted by Crippen LogP contribution is 2.37. The summed E-state index contributed by atoms with van der Waals surface area (Å²) in [6, 6.07) is 11.0. The molecule has 164 valence electrons. The van der Waals surface area contributed by atoms with Gasteiger partial charge in [0, 0.05) is 17.4 Å². The Labute approximate surface area is 195 Å². The molecule has 11 heteroatoms. The van der Waals surface area contributed by atoms with Gasteiger partial charge in [0.05, 0.1) is 27.2 Å². The highest BCUT2D eigenvalue weighted by atomic mass is 35.5. The lowest BCUT2D eigenvalue weighted by atomic mass is 10.2. The second-order valence-electron chi connectivity index (χ2n) is 6.24. The summed E-state index contributed by atoms with van der Waals surface area (Å²) in [5.41, 5.74) is -0.648. The van der Waals surface area contributed by atoms with Crippen LogP contribution in [0.3, 0.4) is 0 Å². The lowest BCUT2D eigenvalue weighted by Gasteiger charge is -2.13. The lowest BCUT2D eigenvalue weighted by Crippen LogP contribution is -2.20. The molecule has 0 atom stereocenters. The van der Waals surface area contributed by atoms with Gasteiger partial charge in [-0.25, -0.2) is 9.64 Å². The van der Waals surface area contributed by atoms with Crippen LogP contribution in [0.5, 0.6) is 11.5 Å². The number of carbonyl (C=O) groups excluding carboxylic acids is 1. The van der Waals surface area contributed by atoms with Crippen LogP contribution in [0, 0.1) is 6.57 Å². The smallest absolute Gasteiger partial charge is 0.417 e. The van der Waals surface area contributed by atoms with Crippen molar-refractivity contribution in [3.8, 4) is 11.5 Å². The summed E-state index contributed by atoms with van der Waals surface area (Å²) in [6.07, 6.45) is -4.66. The van der Waals surface area contributed by atoms with Crippen molar-refractivity contribution < 1.29 is 22.7 Å². The molecule has 2 N–H and O–H groups in total. The summed E-state index contributed by atoms with van der Waals surface area (Å²) in [6.45, 7) is 7.01. The highest BCUT2D eigenvalue weighted by molar-refractivity contribution is 6.33. The van der Waals surface area contributed by atoms with Crippen LogP contribution in [0.4, 0.5) is 35.0 Å². The van der Waals surface area contributed by atoms with Crippen molar-refractivity contribution in [1.82, 2.24) is 0 Å². The first-order valence-electron chi connectivity index (χ1n) is 8.66. The standard InChI is InChI=1S/C21H11Cl3F3N3O2/c1-28-18-7-4-13(10-17(18)24)32-19-9-12(3-6-16(19)23)30-20(31)29-11-2-5-15(22)14(8-11)21(25,26)27/h2-10H,(H2,29,30,31). The second kappa shape index (κ2) is 9.57. The number of alkyl halides is 3. The zero-order valence-corrected chi connectivity index (χ0v) is 18.0. The fraction of sp³-hybridized carbons (Fsp3) is 0.0476. The van der Waals surface area contributed by atoms with E-state index in [-0.39, 0.29) is 32.9 Å². The van der Waals surface area contributed by atoms with Crippen LogP contribution >= 0.6 is 34.8 Å². The van der Waals surface area contributed by atoms with Gasteiger partial charge in [-0.3, -0.25) is 0 Å². The first kappa shape index (κ1) is 23.5. The zero-order valence-electron chi connectivity index (χ0n) is 15.7. The molecule has 32 heavy (non-hydrogen) atoms. The SMILES string of the molecule is [C-]#[N+]c1ccc(Oc2cc(NC(=O)Nc3ccc(Cl)c(C(F)(F)F)c3)ccc2Cl)cc1Cl. The van der Waals surface area contributed by atoms with Crippen LogP contribution in [0.1, 0.15) is 5.56 Å². The Morgan fingerprint density at radius 1 is 0.875 bits per heavy atom. The van der Waals surface area contributed by atoms with Gasteiger partial charge < -0.3 is 15.4 Å². The number of anilines is 2. The summed E-state index contributed by atoms with van der Waals surface area (Å²) < 4.78 is 44.6. The first-order chi connectivity index (χ1) is 15.1. The summed E-state index contributed by atoms with van der Waals surface area (Å²) in [5, 5.41) is 4.73. The lowest BCUT2D eigenvalue weighted by molar-refractivity contribution is -0.137. The van der Waals surface area contributed by atoms with Gasteiger partial charge in [-0.15, -0.1) is 0 Å². The average Bonchev–Trinajstić information content (AvgIpc) is 2.71. The number of nitrogens with zero attached hydrogens (tertiary/aromatic N) is 1. The van der Waals surface area contributed by atoms with Gasteiger partial charge in [-0.05, 0) is 42.5 Å². The molecule has 3 aromatic rings. The molecular formula is C21H11Cl3F3N3O2. The largest absolute Gasteiger partial charge is 0.456 e. The molecule has 5 nitrogen and oxygen atoms in total. The molecule has 0 aromatic heterocycles. The normalized spacial score (nSPS) is 10.9. The average molecular weight is 501 g/mol. The van der Waals surface area contributed by atoms with E-state index in [1.807, 2.05) is 0 Å². The molecule has 0 radical (unpaired) electrons. The van der Waals surface area contributed by atoms with Gasteiger partial charge in [-0.2, -0.15) is 13.2 Å². The number of urea groups is 1. The Hall–Kier alpha value is -3.12. The maximum absolute atomic E-state index is 13.0. The van der Waals surface area contributed by atoms with E-state index in [4.69, 9.17) is 46.1 Å². The third-order valence-electron chi connectivity index (χ3n) is 3.99. The Morgan fingerprint density at radius 2 is 1.50 bits per heavy atom. The molecule has 0 heterocycles. The molecule has 2 amide bonds. The Morgan fingerprint density at radius 3 is 2.09 bits per heavy atom. The molecule has 0 aliphatic rings. The Bertz CT molecular complexity index is 1230. The topological polar surface area (TPSA) is 54.7 Å². The number of halogens is 6. The van der Waals surface area contributed by atoms with Crippen molar-refractivity contribution in [3.63, 3.8) is 0 Å². The number of ether oxygens (including phenoxy) is 1. The van der Waals surface area contributed by atoms with Gasteiger partial charge in [0.15, 0.2) is 0 Å². The van der Waals surface area contributed by atoms with E-state index >= 15 is 0 Å². The number of nitrogens with one attached hydrogen (secondary N) is 2. The van der Waals surface area contributed by atoms with Crippen molar-refractivity contribution in [2.75, 3.05) is 10.6 Å². The number of hydrogen-bond donors (Lipinski definition) is 2. The van der Waals surface area contributed by atoms with Crippen LogP contribution in [-0.2, 0) is 6.18 Å². The van der Waals surface area contributed by atoms with Crippen molar-refractivity contribution in [3.05, 3.63) is 86.6 Å². The Kier molecular flexibility index (Phi) is 7.04. The maximum atomic E-state index is 13.0. The van der Waals surface area contributed by atoms with E-state index in [9.17, 15) is 18.0 Å². The van der Waals surface area contributed by atoms with Crippen LogP contribution in [-0.4, -0.2) is 6.03 Å². The van der Waals surface area contributed by atoms with Gasteiger partial charge in [0.25, 0.3) is 0 Å². The van der Waals surface area contributed by atoms with Gasteiger partial charge >= 0.3 is 12.2 Å². The van der Waals surface area contributed by atoms with E-state index in [2.05, 4.69) is 15.5 Å². The number of rotatable bonds is 4. The minimum absolute atomic E-state index is 0.0980. The summed E-state index contributed by atoms with van der Waals surface area (Å²) in [7, 11) is 0. The van der Waals surface area contributed by atoms with E-state index in [1.54, 1.807) is 0 Å². The van der Waals surface area contributed by atoms with Crippen LogP contribution < -0.4 is 15.4 Å². The predicted molar refractivity (Wildman–Crippen MR) is 118 cm³/mol. The molecular weight excluding hydrogens is 490 g/mol. The third kappa shape index (κ3) is 5.77. The van der Waals surface area contributed by atoms with E-state index in [0.29, 0.717) is 5.75 Å². The number of amides is 2. The zero-order chi connectivity index (χ0) is 23.5. The molecule has 0 unspecified atom stereocenters. The molecule has 0 saturated heterocycles. The first-order valence-corrected chi connectivity index (χ1v) is 9.79. The third-order valence-corrected chi connectivity index (χ3v) is 4.93. The van der Waals surface area contributed by atoms with Crippen LogP contribution in [0.15, 0.2) is 54.6 Å². The Balaban J connectivity index is 1.74. The van der Waals surface area contributed by atoms with Gasteiger partial charge in [0.1, 0.15) is 11.5 Å². The fourth-order valence-corrected chi connectivity index (χ4v) is 3.14. The predicted octanol–water partition coefficient (Wildman–Crippen LogP) is 8.65. The maximum Gasteiger partial charge on any atom is 0.417 e. The summed E-state index contributed by atoms with van der Waals surface area (Å²) >= 11 is 17.7. The molecule has 0 aliphatic heterocycles. The van der Waals surface area contributed by atoms with Crippen molar-refractivity contribution in [1.29, 1.82) is 0 Å². The van der Waals surface area contributed by atoms with Crippen molar-refractivity contribution >= 4 is 57.9 Å². The van der Waals surface area contributed by atoms with Crippen LogP contribution in [0.25, 0.3) is 4.85 Å². The number of hydrogen-bond acceptors (Lipinski definition) is 2. The quantitative estimate of drug-likeness (QED) is 0.352. The van der Waals surface area contributed by atoms with E-state index in [0.717, 1.165) is 12.1 Å². The highest BCUT2D eigenvalue weighted by Gasteiger charge is 2.33. The molecule has 0 fully saturated rings. The van der Waals surface area contributed by atoms with E-state index < -0.39 is 22.8 Å². The minimum Gasteiger partial charge on any atom is -0.456 e. The van der Waals surface area contributed by atoms with Crippen molar-refractivity contribution in [2.24, 2.45) is 0 Å². The van der Waals surface area contributed by atoms with Crippen LogP contribution in [0.2, 0.25) is 15.1 Å². The summed E-state index contributed by atoms with van der Waals surface area (Å²) in [4.78, 5) is 15.5. The van der Waals surface area contributed by atoms with E-state index in [1.165, 1.54) is 42.5 Å². The second-order valence-corrected chi connectivity index (χ2v) is 7.47. The van der Waals surface area contributed by atoms with Gasteiger partial charge in [-0.1, -0.05) is 40.9 Å². The molecule has 3 aromatic carbocycles. The molecule has 0 saturated carbocycles.